The van der Waals surface area contributed by atoms with Gasteiger partial charge in [-0.05, 0) is 66.3 Å². The van der Waals surface area contributed by atoms with Crippen molar-refractivity contribution in [2.24, 2.45) is 11.8 Å². The van der Waals surface area contributed by atoms with E-state index >= 15 is 0 Å². The minimum absolute atomic E-state index is 0.0943. The predicted octanol–water partition coefficient (Wildman–Crippen LogP) is 5.51. The first-order valence-corrected chi connectivity index (χ1v) is 14.7. The SMILES string of the molecule is CC(OCc1ccccc1)C(NC(=O)OCC1c2ccccc2-c2ccccc21)C(=O)NCC1CCC(C(=O)O)CC1. The molecule has 3 aromatic carbocycles. The smallest absolute Gasteiger partial charge is 0.407 e. The van der Waals surface area contributed by atoms with E-state index in [0.717, 1.165) is 40.7 Å². The number of fused-ring (bicyclic) bond motifs is 3. The first-order valence-electron chi connectivity index (χ1n) is 14.7. The van der Waals surface area contributed by atoms with Gasteiger partial charge in [0.15, 0.2) is 0 Å². The lowest BCUT2D eigenvalue weighted by Crippen LogP contribution is -2.54. The van der Waals surface area contributed by atoms with Crippen molar-refractivity contribution < 1.29 is 29.0 Å². The van der Waals surface area contributed by atoms with Gasteiger partial charge in [-0.15, -0.1) is 0 Å². The van der Waals surface area contributed by atoms with E-state index in [1.807, 2.05) is 54.6 Å². The number of ether oxygens (including phenoxy) is 2. The lowest BCUT2D eigenvalue weighted by Gasteiger charge is -2.28. The number of carboxylic acids is 1. The van der Waals surface area contributed by atoms with E-state index in [0.29, 0.717) is 19.4 Å². The first kappa shape index (κ1) is 29.3. The van der Waals surface area contributed by atoms with Crippen molar-refractivity contribution in [1.82, 2.24) is 10.6 Å². The van der Waals surface area contributed by atoms with E-state index in [4.69, 9.17) is 9.47 Å². The van der Waals surface area contributed by atoms with Gasteiger partial charge < -0.3 is 25.2 Å². The molecule has 0 heterocycles. The average molecular weight is 571 g/mol. The predicted molar refractivity (Wildman–Crippen MR) is 159 cm³/mol. The second kappa shape index (κ2) is 13.7. The van der Waals surface area contributed by atoms with Crippen LogP contribution in [-0.4, -0.2) is 48.4 Å². The summed E-state index contributed by atoms with van der Waals surface area (Å²) in [6.45, 7) is 2.60. The Balaban J connectivity index is 1.21. The third kappa shape index (κ3) is 6.99. The molecule has 0 radical (unpaired) electrons. The van der Waals surface area contributed by atoms with Gasteiger partial charge in [0.1, 0.15) is 12.6 Å². The molecule has 3 aromatic rings. The molecule has 8 nitrogen and oxygen atoms in total. The van der Waals surface area contributed by atoms with Crippen LogP contribution in [0.2, 0.25) is 0 Å². The highest BCUT2D eigenvalue weighted by Gasteiger charge is 2.32. The van der Waals surface area contributed by atoms with Crippen molar-refractivity contribution in [2.45, 2.75) is 57.3 Å². The Morgan fingerprint density at radius 3 is 2.07 bits per heavy atom. The maximum absolute atomic E-state index is 13.4. The number of hydrogen-bond donors (Lipinski definition) is 3. The van der Waals surface area contributed by atoms with Gasteiger partial charge in [-0.2, -0.15) is 0 Å². The summed E-state index contributed by atoms with van der Waals surface area (Å²) in [7, 11) is 0. The highest BCUT2D eigenvalue weighted by atomic mass is 16.5. The van der Waals surface area contributed by atoms with Crippen molar-refractivity contribution in [3.05, 3.63) is 95.6 Å². The molecule has 0 aliphatic heterocycles. The zero-order chi connectivity index (χ0) is 29.5. The molecule has 3 N–H and O–H groups in total. The van der Waals surface area contributed by atoms with Crippen molar-refractivity contribution in [1.29, 1.82) is 0 Å². The Bertz CT molecular complexity index is 1340. The fourth-order valence-electron chi connectivity index (χ4n) is 6.03. The molecule has 2 atom stereocenters. The summed E-state index contributed by atoms with van der Waals surface area (Å²) in [4.78, 5) is 37.8. The van der Waals surface area contributed by atoms with Crippen molar-refractivity contribution >= 4 is 18.0 Å². The summed E-state index contributed by atoms with van der Waals surface area (Å²) >= 11 is 0. The van der Waals surface area contributed by atoms with Gasteiger partial charge in [-0.3, -0.25) is 9.59 Å². The fraction of sp³-hybridized carbons (Fsp3) is 0.382. The zero-order valence-corrected chi connectivity index (χ0v) is 23.8. The third-order valence-corrected chi connectivity index (χ3v) is 8.49. The van der Waals surface area contributed by atoms with Gasteiger partial charge in [0.25, 0.3) is 0 Å². The molecule has 2 aliphatic rings. The van der Waals surface area contributed by atoms with Gasteiger partial charge in [0.2, 0.25) is 5.91 Å². The highest BCUT2D eigenvalue weighted by molar-refractivity contribution is 5.86. The molecular formula is C34H38N2O6. The molecule has 1 fully saturated rings. The molecule has 2 unspecified atom stereocenters. The summed E-state index contributed by atoms with van der Waals surface area (Å²) in [5.74, 6) is -1.33. The Morgan fingerprint density at radius 1 is 0.857 bits per heavy atom. The van der Waals surface area contributed by atoms with Gasteiger partial charge in [-0.25, -0.2) is 4.79 Å². The Hall–Kier alpha value is -4.17. The Morgan fingerprint density at radius 2 is 1.45 bits per heavy atom. The molecule has 0 bridgehead atoms. The maximum atomic E-state index is 13.4. The number of aliphatic carboxylic acids is 1. The lowest BCUT2D eigenvalue weighted by molar-refractivity contribution is -0.143. The first-order chi connectivity index (χ1) is 20.4. The Kier molecular flexibility index (Phi) is 9.54. The van der Waals surface area contributed by atoms with Gasteiger partial charge in [0.05, 0.1) is 18.6 Å². The summed E-state index contributed by atoms with van der Waals surface area (Å²) in [6, 6.07) is 24.9. The fourth-order valence-corrected chi connectivity index (χ4v) is 6.03. The van der Waals surface area contributed by atoms with Crippen LogP contribution in [0.1, 0.15) is 55.2 Å². The molecular weight excluding hydrogens is 532 g/mol. The van der Waals surface area contributed by atoms with E-state index in [1.54, 1.807) is 6.92 Å². The molecule has 0 saturated heterocycles. The zero-order valence-electron chi connectivity index (χ0n) is 23.8. The third-order valence-electron chi connectivity index (χ3n) is 8.49. The number of nitrogens with one attached hydrogen (secondary N) is 2. The monoisotopic (exact) mass is 570 g/mol. The molecule has 2 amide bonds. The van der Waals surface area contributed by atoms with E-state index in [2.05, 4.69) is 34.9 Å². The summed E-state index contributed by atoms with van der Waals surface area (Å²) < 4.78 is 11.7. The van der Waals surface area contributed by atoms with Crippen LogP contribution >= 0.6 is 0 Å². The number of carbonyl (C=O) groups is 3. The molecule has 5 rings (SSSR count). The van der Waals surface area contributed by atoms with Crippen LogP contribution in [0.4, 0.5) is 4.79 Å². The topological polar surface area (TPSA) is 114 Å². The molecule has 0 spiro atoms. The highest BCUT2D eigenvalue weighted by Crippen LogP contribution is 2.44. The number of alkyl carbamates (subject to hydrolysis) is 1. The quantitative estimate of drug-likeness (QED) is 0.280. The van der Waals surface area contributed by atoms with E-state index < -0.39 is 24.2 Å². The minimum Gasteiger partial charge on any atom is -0.481 e. The molecule has 42 heavy (non-hydrogen) atoms. The summed E-state index contributed by atoms with van der Waals surface area (Å²) in [5, 5.41) is 15.0. The molecule has 220 valence electrons. The van der Waals surface area contributed by atoms with Crippen LogP contribution in [-0.2, 0) is 25.7 Å². The minimum atomic E-state index is -0.972. The van der Waals surface area contributed by atoms with Crippen LogP contribution in [0.25, 0.3) is 11.1 Å². The number of rotatable bonds is 11. The second-order valence-electron chi connectivity index (χ2n) is 11.3. The molecule has 2 aliphatic carbocycles. The largest absolute Gasteiger partial charge is 0.481 e. The van der Waals surface area contributed by atoms with Gasteiger partial charge >= 0.3 is 12.1 Å². The van der Waals surface area contributed by atoms with Gasteiger partial charge in [0, 0.05) is 12.5 Å². The molecule has 1 saturated carbocycles. The van der Waals surface area contributed by atoms with E-state index in [9.17, 15) is 19.5 Å². The van der Waals surface area contributed by atoms with Crippen molar-refractivity contribution in [3.8, 4) is 11.1 Å². The average Bonchev–Trinajstić information content (AvgIpc) is 3.34. The lowest BCUT2D eigenvalue weighted by atomic mass is 9.82. The number of hydrogen-bond acceptors (Lipinski definition) is 5. The summed E-state index contributed by atoms with van der Waals surface area (Å²) in [6.07, 6.45) is 1.37. The van der Waals surface area contributed by atoms with E-state index in [1.165, 1.54) is 0 Å². The van der Waals surface area contributed by atoms with Crippen molar-refractivity contribution in [3.63, 3.8) is 0 Å². The van der Waals surface area contributed by atoms with Crippen molar-refractivity contribution in [2.75, 3.05) is 13.2 Å². The number of amides is 2. The maximum Gasteiger partial charge on any atom is 0.407 e. The van der Waals surface area contributed by atoms with Gasteiger partial charge in [-0.1, -0.05) is 78.9 Å². The van der Waals surface area contributed by atoms with E-state index in [-0.39, 0.29) is 36.9 Å². The number of carbonyl (C=O) groups excluding carboxylic acids is 2. The normalized spacial score (nSPS) is 19.2. The second-order valence-corrected chi connectivity index (χ2v) is 11.3. The Labute approximate surface area is 246 Å². The number of benzene rings is 3. The van der Waals surface area contributed by atoms with Crippen LogP contribution in [0.3, 0.4) is 0 Å². The van der Waals surface area contributed by atoms with Crippen LogP contribution in [0.15, 0.2) is 78.9 Å². The van der Waals surface area contributed by atoms with Crippen LogP contribution in [0, 0.1) is 11.8 Å². The molecule has 8 heteroatoms. The van der Waals surface area contributed by atoms with Crippen LogP contribution in [0.5, 0.6) is 0 Å². The standard InChI is InChI=1S/C34H38N2O6/c1-22(41-20-24-9-3-2-4-10-24)31(32(37)35-19-23-15-17-25(18-16-23)33(38)39)36-34(40)42-21-30-28-13-7-5-11-26(28)27-12-6-8-14-29(27)30/h2-14,22-23,25,30-31H,15-21H2,1H3,(H,35,37)(H,36,40)(H,38,39). The summed E-state index contributed by atoms with van der Waals surface area (Å²) in [5.41, 5.74) is 5.45. The van der Waals surface area contributed by atoms with Crippen LogP contribution < -0.4 is 10.6 Å². The molecule has 0 aromatic heterocycles. The number of carboxylic acid groups (broad SMARTS) is 1.